The maximum atomic E-state index is 11.9. The minimum atomic E-state index is -0.380. The first kappa shape index (κ1) is 12.0. The van der Waals surface area contributed by atoms with Crippen LogP contribution >= 0.6 is 0 Å². The van der Waals surface area contributed by atoms with Crippen LogP contribution < -0.4 is 5.73 Å². The molecule has 0 aromatic rings. The van der Waals surface area contributed by atoms with Crippen molar-refractivity contribution in [1.82, 2.24) is 4.90 Å². The van der Waals surface area contributed by atoms with Gasteiger partial charge in [-0.05, 0) is 19.3 Å². The highest BCUT2D eigenvalue weighted by molar-refractivity contribution is 5.82. The third-order valence-corrected chi connectivity index (χ3v) is 2.65. The van der Waals surface area contributed by atoms with Crippen molar-refractivity contribution in [3.63, 3.8) is 0 Å². The van der Waals surface area contributed by atoms with Gasteiger partial charge in [0, 0.05) is 12.6 Å². The summed E-state index contributed by atoms with van der Waals surface area (Å²) in [6.07, 6.45) is 4.19. The van der Waals surface area contributed by atoms with Gasteiger partial charge in [0.05, 0.1) is 18.5 Å². The first-order valence-corrected chi connectivity index (χ1v) is 5.63. The van der Waals surface area contributed by atoms with Crippen molar-refractivity contribution in [2.45, 2.75) is 51.1 Å². The van der Waals surface area contributed by atoms with Gasteiger partial charge in [-0.3, -0.25) is 4.79 Å². The van der Waals surface area contributed by atoms with Crippen LogP contribution in [0.1, 0.15) is 39.0 Å². The molecule has 1 amide bonds. The van der Waals surface area contributed by atoms with Crippen molar-refractivity contribution in [3.8, 4) is 6.07 Å². The molecule has 0 bridgehead atoms. The highest BCUT2D eigenvalue weighted by Crippen LogP contribution is 2.27. The van der Waals surface area contributed by atoms with E-state index in [-0.39, 0.29) is 11.9 Å². The number of carbonyl (C=O) groups excluding carboxylic acids is 1. The smallest absolute Gasteiger partial charge is 0.239 e. The molecule has 0 unspecified atom stereocenters. The average molecular weight is 209 g/mol. The second-order valence-corrected chi connectivity index (χ2v) is 4.07. The van der Waals surface area contributed by atoms with Crippen molar-refractivity contribution >= 4 is 5.91 Å². The van der Waals surface area contributed by atoms with Gasteiger partial charge in [-0.1, -0.05) is 13.3 Å². The predicted molar refractivity (Wildman–Crippen MR) is 57.8 cm³/mol. The molecular formula is C11H19N3O. The van der Waals surface area contributed by atoms with Crippen LogP contribution in [0.3, 0.4) is 0 Å². The summed E-state index contributed by atoms with van der Waals surface area (Å²) in [6.45, 7) is 2.56. The first-order valence-electron chi connectivity index (χ1n) is 5.63. The molecule has 0 aromatic carbocycles. The number of rotatable bonds is 6. The van der Waals surface area contributed by atoms with Gasteiger partial charge in [0.1, 0.15) is 0 Å². The van der Waals surface area contributed by atoms with Crippen LogP contribution in [0.15, 0.2) is 0 Å². The zero-order chi connectivity index (χ0) is 11.3. The molecule has 0 aromatic heterocycles. The number of nitriles is 1. The lowest BCUT2D eigenvalue weighted by atomic mass is 10.1. The number of nitrogens with two attached hydrogens (primary N) is 1. The van der Waals surface area contributed by atoms with E-state index in [0.717, 1.165) is 25.7 Å². The highest BCUT2D eigenvalue weighted by Gasteiger charge is 2.33. The van der Waals surface area contributed by atoms with E-state index in [1.165, 1.54) is 0 Å². The van der Waals surface area contributed by atoms with E-state index in [0.29, 0.717) is 19.0 Å². The molecule has 4 heteroatoms. The Bertz CT molecular complexity index is 255. The van der Waals surface area contributed by atoms with Gasteiger partial charge in [-0.15, -0.1) is 0 Å². The molecule has 84 valence electrons. The molecule has 15 heavy (non-hydrogen) atoms. The third kappa shape index (κ3) is 3.52. The highest BCUT2D eigenvalue weighted by atomic mass is 16.2. The summed E-state index contributed by atoms with van der Waals surface area (Å²) in [4.78, 5) is 13.7. The van der Waals surface area contributed by atoms with Crippen LogP contribution in [0.2, 0.25) is 0 Å². The van der Waals surface area contributed by atoms with E-state index < -0.39 is 0 Å². The summed E-state index contributed by atoms with van der Waals surface area (Å²) >= 11 is 0. The van der Waals surface area contributed by atoms with Gasteiger partial charge in [0.25, 0.3) is 0 Å². The second-order valence-electron chi connectivity index (χ2n) is 4.07. The molecule has 2 N–H and O–H groups in total. The molecule has 4 nitrogen and oxygen atoms in total. The predicted octanol–water partition coefficient (Wildman–Crippen LogP) is 1.02. The van der Waals surface area contributed by atoms with Crippen molar-refractivity contribution < 1.29 is 4.79 Å². The number of nitrogens with zero attached hydrogens (tertiary/aromatic N) is 2. The lowest BCUT2D eigenvalue weighted by Gasteiger charge is -2.24. The topological polar surface area (TPSA) is 70.1 Å². The van der Waals surface area contributed by atoms with Gasteiger partial charge >= 0.3 is 0 Å². The minimum Gasteiger partial charge on any atom is -0.337 e. The van der Waals surface area contributed by atoms with Crippen molar-refractivity contribution in [2.24, 2.45) is 5.73 Å². The third-order valence-electron chi connectivity index (χ3n) is 2.65. The molecule has 1 rings (SSSR count). The Labute approximate surface area is 91.0 Å². The zero-order valence-corrected chi connectivity index (χ0v) is 9.28. The molecule has 1 aliphatic rings. The summed E-state index contributed by atoms with van der Waals surface area (Å²) in [7, 11) is 0. The molecule has 1 saturated carbocycles. The summed E-state index contributed by atoms with van der Waals surface area (Å²) in [5, 5.41) is 8.52. The molecule has 1 aliphatic carbocycles. The molecular weight excluding hydrogens is 190 g/mol. The van der Waals surface area contributed by atoms with Crippen LogP contribution in [0.25, 0.3) is 0 Å². The summed E-state index contributed by atoms with van der Waals surface area (Å²) in [5.41, 5.74) is 5.79. The van der Waals surface area contributed by atoms with Gasteiger partial charge in [-0.2, -0.15) is 5.26 Å². The van der Waals surface area contributed by atoms with Crippen LogP contribution in [0, 0.1) is 11.3 Å². The Morgan fingerprint density at radius 1 is 1.67 bits per heavy atom. The SMILES string of the molecule is CCC[C@@H](N)C(=O)N(CCC#N)C1CC1. The number of hydrogen-bond donors (Lipinski definition) is 1. The molecule has 0 aliphatic heterocycles. The van der Waals surface area contributed by atoms with E-state index in [4.69, 9.17) is 11.0 Å². The molecule has 1 fully saturated rings. The Hall–Kier alpha value is -1.08. The van der Waals surface area contributed by atoms with Crippen molar-refractivity contribution in [2.75, 3.05) is 6.54 Å². The summed E-state index contributed by atoms with van der Waals surface area (Å²) in [5.74, 6) is 0.0228. The number of carbonyl (C=O) groups is 1. The second kappa shape index (κ2) is 5.72. The monoisotopic (exact) mass is 209 g/mol. The Morgan fingerprint density at radius 2 is 2.33 bits per heavy atom. The van der Waals surface area contributed by atoms with Crippen LogP contribution in [0.5, 0.6) is 0 Å². The normalized spacial score (nSPS) is 16.9. The standard InChI is InChI=1S/C11H19N3O/c1-2-4-10(13)11(15)14(8-3-7-12)9-5-6-9/h9-10H,2-6,8,13H2,1H3/t10-/m1/s1. The quantitative estimate of drug-likeness (QED) is 0.710. The van der Waals surface area contributed by atoms with Gasteiger partial charge in [0.15, 0.2) is 0 Å². The Balaban J connectivity index is 2.47. The van der Waals surface area contributed by atoms with Crippen molar-refractivity contribution in [1.29, 1.82) is 5.26 Å². The lowest BCUT2D eigenvalue weighted by molar-refractivity contribution is -0.133. The summed E-state index contributed by atoms with van der Waals surface area (Å²) < 4.78 is 0. The van der Waals surface area contributed by atoms with Crippen LogP contribution in [-0.2, 0) is 4.79 Å². The van der Waals surface area contributed by atoms with Crippen LogP contribution in [0.4, 0.5) is 0 Å². The van der Waals surface area contributed by atoms with E-state index in [9.17, 15) is 4.79 Å². The van der Waals surface area contributed by atoms with Crippen molar-refractivity contribution in [3.05, 3.63) is 0 Å². The first-order chi connectivity index (χ1) is 7.20. The Kier molecular flexibility index (Phi) is 4.57. The van der Waals surface area contributed by atoms with Gasteiger partial charge < -0.3 is 10.6 Å². The average Bonchev–Trinajstić information content (AvgIpc) is 3.02. The largest absolute Gasteiger partial charge is 0.337 e. The molecule has 0 saturated heterocycles. The zero-order valence-electron chi connectivity index (χ0n) is 9.28. The summed E-state index contributed by atoms with van der Waals surface area (Å²) in [6, 6.07) is 2.05. The maximum Gasteiger partial charge on any atom is 0.239 e. The van der Waals surface area contributed by atoms with E-state index >= 15 is 0 Å². The minimum absolute atomic E-state index is 0.0228. The molecule has 0 radical (unpaired) electrons. The fourth-order valence-corrected chi connectivity index (χ4v) is 1.68. The number of amides is 1. The van der Waals surface area contributed by atoms with Gasteiger partial charge in [0.2, 0.25) is 5.91 Å². The van der Waals surface area contributed by atoms with Crippen LogP contribution in [-0.4, -0.2) is 29.4 Å². The molecule has 1 atom stereocenters. The van der Waals surface area contributed by atoms with Gasteiger partial charge in [-0.25, -0.2) is 0 Å². The van der Waals surface area contributed by atoms with E-state index in [1.807, 2.05) is 6.92 Å². The lowest BCUT2D eigenvalue weighted by Crippen LogP contribution is -2.45. The number of hydrogen-bond acceptors (Lipinski definition) is 3. The molecule has 0 spiro atoms. The van der Waals surface area contributed by atoms with E-state index in [2.05, 4.69) is 6.07 Å². The van der Waals surface area contributed by atoms with E-state index in [1.54, 1.807) is 4.90 Å². The fourth-order valence-electron chi connectivity index (χ4n) is 1.68. The fraction of sp³-hybridized carbons (Fsp3) is 0.818. The maximum absolute atomic E-state index is 11.9. The Morgan fingerprint density at radius 3 is 2.80 bits per heavy atom. The molecule has 0 heterocycles.